The minimum atomic E-state index is -0.901. The van der Waals surface area contributed by atoms with Crippen molar-refractivity contribution in [1.82, 2.24) is 14.9 Å². The molecule has 258 valence electrons. The van der Waals surface area contributed by atoms with E-state index >= 15 is 8.78 Å². The maximum atomic E-state index is 16.9. The van der Waals surface area contributed by atoms with Gasteiger partial charge < -0.3 is 29.0 Å². The van der Waals surface area contributed by atoms with E-state index in [2.05, 4.69) is 9.97 Å². The van der Waals surface area contributed by atoms with Gasteiger partial charge in [0, 0.05) is 31.5 Å². The molecule has 2 saturated heterocycles. The fraction of sp³-hybridized carbons (Fsp3) is 0.444. The number of carbonyl (C=O) groups is 2. The summed E-state index contributed by atoms with van der Waals surface area (Å²) in [6.45, 7) is 6.17. The van der Waals surface area contributed by atoms with Crippen molar-refractivity contribution in [3.63, 3.8) is 0 Å². The molecule has 3 aliphatic rings. The van der Waals surface area contributed by atoms with E-state index in [1.807, 2.05) is 37.8 Å². The Morgan fingerprint density at radius 2 is 1.73 bits per heavy atom. The van der Waals surface area contributed by atoms with Crippen molar-refractivity contribution in [1.29, 1.82) is 0 Å². The van der Waals surface area contributed by atoms with Crippen LogP contribution in [0, 0.1) is 23.5 Å². The summed E-state index contributed by atoms with van der Waals surface area (Å²) in [5.74, 6) is -2.70. The Kier molecular flexibility index (Phi) is 8.42. The predicted molar refractivity (Wildman–Crippen MR) is 177 cm³/mol. The monoisotopic (exact) mass is 676 g/mol. The minimum absolute atomic E-state index is 0.0405. The standard InChI is InChI=1S/C36H38F2N4O7/c1-36(2,3)49-35(45)42-21-9-10-22(42)16-41(15-21)32-27-14-28(37)29(26-13-23(48-18-46-4)11-19-7-5-6-8-24(19)26)30(38)31(27)39-34(40-32)47-17-20-12-25(20)33(43)44/h5-8,11,13-14,20-22,25H,9-10,12,15-18H2,1-4H3,(H,43,44). The van der Waals surface area contributed by atoms with Crippen LogP contribution in [0.15, 0.2) is 42.5 Å². The minimum Gasteiger partial charge on any atom is -0.481 e. The van der Waals surface area contributed by atoms with Gasteiger partial charge in [0.25, 0.3) is 0 Å². The Bertz CT molecular complexity index is 1940. The summed E-state index contributed by atoms with van der Waals surface area (Å²) in [7, 11) is 1.48. The Hall–Kier alpha value is -4.78. The fourth-order valence-electron chi connectivity index (χ4n) is 7.02. The second-order valence-corrected chi connectivity index (χ2v) is 13.9. The van der Waals surface area contributed by atoms with Crippen molar-refractivity contribution >= 4 is 39.6 Å². The van der Waals surface area contributed by atoms with Gasteiger partial charge in [-0.05, 0) is 74.6 Å². The van der Waals surface area contributed by atoms with Crippen molar-refractivity contribution in [2.45, 2.75) is 57.7 Å². The number of fused-ring (bicyclic) bond motifs is 4. The maximum absolute atomic E-state index is 16.9. The van der Waals surface area contributed by atoms with Gasteiger partial charge in [0.1, 0.15) is 28.5 Å². The number of rotatable bonds is 9. The van der Waals surface area contributed by atoms with Crippen LogP contribution in [0.4, 0.5) is 19.4 Å². The van der Waals surface area contributed by atoms with Gasteiger partial charge in [0.2, 0.25) is 0 Å². The van der Waals surface area contributed by atoms with E-state index in [0.717, 1.165) is 12.8 Å². The van der Waals surface area contributed by atoms with Crippen LogP contribution in [-0.4, -0.2) is 83.3 Å². The van der Waals surface area contributed by atoms with Crippen LogP contribution in [0.3, 0.4) is 0 Å². The van der Waals surface area contributed by atoms with Crippen molar-refractivity contribution in [3.8, 4) is 22.9 Å². The molecule has 7 rings (SSSR count). The van der Waals surface area contributed by atoms with Crippen LogP contribution in [0.5, 0.6) is 11.8 Å². The number of carboxylic acid groups (broad SMARTS) is 1. The van der Waals surface area contributed by atoms with E-state index in [0.29, 0.717) is 36.0 Å². The zero-order valence-electron chi connectivity index (χ0n) is 27.7. The quantitative estimate of drug-likeness (QED) is 0.199. The molecule has 3 heterocycles. The third kappa shape index (κ3) is 6.39. The number of aliphatic carboxylic acids is 1. The Balaban J connectivity index is 1.32. The number of carboxylic acids is 1. The number of piperazine rings is 1. The number of carbonyl (C=O) groups excluding carboxylic acids is 1. The van der Waals surface area contributed by atoms with Gasteiger partial charge in [0.05, 0.1) is 30.2 Å². The number of hydrogen-bond donors (Lipinski definition) is 1. The highest BCUT2D eigenvalue weighted by Crippen LogP contribution is 2.43. The number of nitrogens with zero attached hydrogens (tertiary/aromatic N) is 4. The highest BCUT2D eigenvalue weighted by atomic mass is 19.1. The summed E-state index contributed by atoms with van der Waals surface area (Å²) in [5, 5.41) is 10.8. The zero-order valence-corrected chi connectivity index (χ0v) is 27.7. The molecule has 2 bridgehead atoms. The molecule has 4 aromatic rings. The predicted octanol–water partition coefficient (Wildman–Crippen LogP) is 6.40. The third-order valence-corrected chi connectivity index (χ3v) is 9.34. The molecule has 1 amide bonds. The van der Waals surface area contributed by atoms with Crippen LogP contribution in [-0.2, 0) is 14.3 Å². The van der Waals surface area contributed by atoms with Crippen LogP contribution < -0.4 is 14.4 Å². The van der Waals surface area contributed by atoms with Gasteiger partial charge in [-0.1, -0.05) is 24.3 Å². The Morgan fingerprint density at radius 1 is 1.00 bits per heavy atom. The maximum Gasteiger partial charge on any atom is 0.410 e. The van der Waals surface area contributed by atoms with Crippen molar-refractivity contribution in [3.05, 3.63) is 54.1 Å². The third-order valence-electron chi connectivity index (χ3n) is 9.34. The highest BCUT2D eigenvalue weighted by Gasteiger charge is 2.46. The molecule has 2 aliphatic heterocycles. The lowest BCUT2D eigenvalue weighted by Gasteiger charge is -2.42. The van der Waals surface area contributed by atoms with Crippen molar-refractivity contribution < 1.29 is 42.4 Å². The molecule has 4 atom stereocenters. The Morgan fingerprint density at radius 3 is 2.41 bits per heavy atom. The number of halogens is 2. The summed E-state index contributed by atoms with van der Waals surface area (Å²) in [4.78, 5) is 37.3. The summed E-state index contributed by atoms with van der Waals surface area (Å²) in [6.07, 6.45) is 1.56. The van der Waals surface area contributed by atoms with Gasteiger partial charge in [-0.3, -0.25) is 9.69 Å². The van der Waals surface area contributed by atoms with Crippen LogP contribution in [0.2, 0.25) is 0 Å². The molecule has 3 fully saturated rings. The number of amides is 1. The number of anilines is 1. The lowest BCUT2D eigenvalue weighted by Crippen LogP contribution is -2.57. The lowest BCUT2D eigenvalue weighted by molar-refractivity contribution is -0.139. The summed E-state index contributed by atoms with van der Waals surface area (Å²) >= 11 is 0. The first-order valence-corrected chi connectivity index (χ1v) is 16.4. The molecule has 1 saturated carbocycles. The number of benzene rings is 3. The largest absolute Gasteiger partial charge is 0.481 e. The van der Waals surface area contributed by atoms with E-state index in [1.54, 1.807) is 29.2 Å². The average Bonchev–Trinajstić information content (AvgIpc) is 3.79. The van der Waals surface area contributed by atoms with Gasteiger partial charge in [-0.25, -0.2) is 13.6 Å². The van der Waals surface area contributed by atoms with Crippen molar-refractivity contribution in [2.75, 3.05) is 38.5 Å². The molecule has 13 heteroatoms. The molecule has 1 aromatic heterocycles. The smallest absolute Gasteiger partial charge is 0.410 e. The molecule has 11 nitrogen and oxygen atoms in total. The van der Waals surface area contributed by atoms with E-state index in [1.165, 1.54) is 13.2 Å². The number of hydrogen-bond acceptors (Lipinski definition) is 9. The van der Waals surface area contributed by atoms with Gasteiger partial charge in [0.15, 0.2) is 12.6 Å². The molecule has 49 heavy (non-hydrogen) atoms. The van der Waals surface area contributed by atoms with E-state index in [4.69, 9.17) is 18.9 Å². The molecular formula is C36H38F2N4O7. The first kappa shape index (κ1) is 32.8. The van der Waals surface area contributed by atoms with Crippen LogP contribution in [0.25, 0.3) is 32.8 Å². The lowest BCUT2D eigenvalue weighted by atomic mass is 9.95. The average molecular weight is 677 g/mol. The first-order valence-electron chi connectivity index (χ1n) is 16.4. The number of ether oxygens (including phenoxy) is 4. The van der Waals surface area contributed by atoms with E-state index in [9.17, 15) is 14.7 Å². The fourth-order valence-corrected chi connectivity index (χ4v) is 7.02. The molecule has 3 aromatic carbocycles. The molecule has 0 spiro atoms. The van der Waals surface area contributed by atoms with Crippen molar-refractivity contribution in [2.24, 2.45) is 11.8 Å². The second-order valence-electron chi connectivity index (χ2n) is 13.9. The topological polar surface area (TPSA) is 124 Å². The number of aromatic nitrogens is 2. The van der Waals surface area contributed by atoms with E-state index in [-0.39, 0.29) is 71.4 Å². The normalized spacial score (nSPS) is 21.7. The summed E-state index contributed by atoms with van der Waals surface area (Å²) in [5.41, 5.74) is -0.811. The zero-order chi connectivity index (χ0) is 34.6. The second kappa shape index (κ2) is 12.6. The molecular weight excluding hydrogens is 638 g/mol. The summed E-state index contributed by atoms with van der Waals surface area (Å²) in [6, 6.07) is 11.3. The summed E-state index contributed by atoms with van der Waals surface area (Å²) < 4.78 is 55.6. The first-order chi connectivity index (χ1) is 23.4. The van der Waals surface area contributed by atoms with Gasteiger partial charge in [-0.2, -0.15) is 9.97 Å². The Labute approximate surface area is 281 Å². The molecule has 1 N–H and O–H groups in total. The van der Waals surface area contributed by atoms with Gasteiger partial charge >= 0.3 is 18.1 Å². The molecule has 4 unspecified atom stereocenters. The molecule has 1 aliphatic carbocycles. The van der Waals surface area contributed by atoms with Crippen LogP contribution >= 0.6 is 0 Å². The van der Waals surface area contributed by atoms with E-state index < -0.39 is 29.1 Å². The molecule has 0 radical (unpaired) electrons. The van der Waals surface area contributed by atoms with Crippen LogP contribution in [0.1, 0.15) is 40.0 Å². The van der Waals surface area contributed by atoms with Gasteiger partial charge in [-0.15, -0.1) is 0 Å². The SMILES string of the molecule is COCOc1cc(-c2c(F)cc3c(N4CC5CCC(C4)N5C(=O)OC(C)(C)C)nc(OCC4CC4C(=O)O)nc3c2F)c2ccccc2c1. The number of methoxy groups -OCH3 is 1. The highest BCUT2D eigenvalue weighted by molar-refractivity contribution is 6.01.